The van der Waals surface area contributed by atoms with Crippen molar-refractivity contribution in [1.29, 1.82) is 5.26 Å². The number of morpholine rings is 1. The second-order valence-corrected chi connectivity index (χ2v) is 4.03. The molecule has 0 aromatic carbocycles. The van der Waals surface area contributed by atoms with Gasteiger partial charge < -0.3 is 14.7 Å². The standard InChI is InChI=1S/C11H12N4O4/c12-4-8-3-11(13-5-10(8)15(17)18)14-1-2-19-7-9(14)6-16/h3,5,9,16H,1-2,6-7H2/t9-/m0/s1. The summed E-state index contributed by atoms with van der Waals surface area (Å²) in [7, 11) is 0. The zero-order valence-electron chi connectivity index (χ0n) is 10.0. The second kappa shape index (κ2) is 5.60. The van der Waals surface area contributed by atoms with Crippen LogP contribution >= 0.6 is 0 Å². The lowest BCUT2D eigenvalue weighted by Crippen LogP contribution is -2.48. The molecule has 0 saturated carbocycles. The maximum atomic E-state index is 10.7. The summed E-state index contributed by atoms with van der Waals surface area (Å²) >= 11 is 0. The first-order valence-electron chi connectivity index (χ1n) is 5.67. The Morgan fingerprint density at radius 2 is 2.53 bits per heavy atom. The number of rotatable bonds is 3. The van der Waals surface area contributed by atoms with Gasteiger partial charge in [0.05, 0.1) is 30.8 Å². The van der Waals surface area contributed by atoms with Crippen molar-refractivity contribution in [3.63, 3.8) is 0 Å². The normalized spacial score (nSPS) is 18.9. The number of anilines is 1. The van der Waals surface area contributed by atoms with Crippen molar-refractivity contribution in [2.45, 2.75) is 6.04 Å². The molecule has 0 spiro atoms. The van der Waals surface area contributed by atoms with Crippen LogP contribution in [0.25, 0.3) is 0 Å². The van der Waals surface area contributed by atoms with Crippen molar-refractivity contribution >= 4 is 11.5 Å². The largest absolute Gasteiger partial charge is 0.394 e. The van der Waals surface area contributed by atoms with Crippen molar-refractivity contribution in [3.8, 4) is 6.07 Å². The molecule has 2 heterocycles. The number of nitro groups is 1. The average Bonchev–Trinajstić information content (AvgIpc) is 2.46. The molecule has 0 radical (unpaired) electrons. The molecule has 1 saturated heterocycles. The molecule has 0 amide bonds. The van der Waals surface area contributed by atoms with Crippen molar-refractivity contribution < 1.29 is 14.8 Å². The summed E-state index contributed by atoms with van der Waals surface area (Å²) in [5.41, 5.74) is -0.363. The summed E-state index contributed by atoms with van der Waals surface area (Å²) in [6, 6.07) is 2.90. The molecule has 8 heteroatoms. The van der Waals surface area contributed by atoms with Gasteiger partial charge in [-0.05, 0) is 0 Å². The number of nitriles is 1. The van der Waals surface area contributed by atoms with E-state index in [9.17, 15) is 15.2 Å². The van der Waals surface area contributed by atoms with Crippen LogP contribution in [0.4, 0.5) is 11.5 Å². The van der Waals surface area contributed by atoms with E-state index in [1.165, 1.54) is 6.07 Å². The van der Waals surface area contributed by atoms with Crippen molar-refractivity contribution in [3.05, 3.63) is 27.9 Å². The van der Waals surface area contributed by atoms with E-state index in [2.05, 4.69) is 4.98 Å². The van der Waals surface area contributed by atoms with Gasteiger partial charge in [-0.1, -0.05) is 0 Å². The Morgan fingerprint density at radius 3 is 3.16 bits per heavy atom. The van der Waals surface area contributed by atoms with Gasteiger partial charge in [-0.2, -0.15) is 5.26 Å². The molecule has 1 N–H and O–H groups in total. The Balaban J connectivity index is 2.35. The maximum Gasteiger partial charge on any atom is 0.305 e. The van der Waals surface area contributed by atoms with Crippen molar-refractivity contribution in [2.24, 2.45) is 0 Å². The van der Waals surface area contributed by atoms with Crippen LogP contribution in [0, 0.1) is 21.4 Å². The highest BCUT2D eigenvalue weighted by Crippen LogP contribution is 2.23. The molecule has 1 fully saturated rings. The monoisotopic (exact) mass is 264 g/mol. The molecular weight excluding hydrogens is 252 g/mol. The fourth-order valence-corrected chi connectivity index (χ4v) is 1.94. The molecule has 1 atom stereocenters. The first-order valence-corrected chi connectivity index (χ1v) is 5.67. The molecular formula is C11H12N4O4. The van der Waals surface area contributed by atoms with Gasteiger partial charge >= 0.3 is 5.69 Å². The molecule has 0 unspecified atom stereocenters. The van der Waals surface area contributed by atoms with Gasteiger partial charge in [-0.15, -0.1) is 0 Å². The molecule has 0 bridgehead atoms. The molecule has 1 aromatic heterocycles. The van der Waals surface area contributed by atoms with Gasteiger partial charge in [-0.3, -0.25) is 10.1 Å². The highest BCUT2D eigenvalue weighted by Gasteiger charge is 2.25. The third kappa shape index (κ3) is 2.62. The Bertz CT molecular complexity index is 528. The zero-order chi connectivity index (χ0) is 13.8. The number of pyridine rings is 1. The summed E-state index contributed by atoms with van der Waals surface area (Å²) in [5.74, 6) is 0.435. The first kappa shape index (κ1) is 13.2. The summed E-state index contributed by atoms with van der Waals surface area (Å²) in [5, 5.41) is 28.9. The van der Waals surface area contributed by atoms with Gasteiger partial charge in [0.25, 0.3) is 0 Å². The predicted octanol–water partition coefficient (Wildman–Crippen LogP) is 0.0590. The Kier molecular flexibility index (Phi) is 3.89. The molecule has 1 aliphatic rings. The van der Waals surface area contributed by atoms with Crippen LogP contribution in [-0.4, -0.2) is 47.4 Å². The van der Waals surface area contributed by atoms with Crippen LogP contribution in [-0.2, 0) is 4.74 Å². The van der Waals surface area contributed by atoms with E-state index < -0.39 is 4.92 Å². The minimum atomic E-state index is -0.641. The lowest BCUT2D eigenvalue weighted by Gasteiger charge is -2.35. The van der Waals surface area contributed by atoms with Gasteiger partial charge in [-0.25, -0.2) is 4.98 Å². The highest BCUT2D eigenvalue weighted by atomic mass is 16.6. The predicted molar refractivity (Wildman–Crippen MR) is 64.6 cm³/mol. The maximum absolute atomic E-state index is 10.7. The first-order chi connectivity index (χ1) is 9.17. The zero-order valence-corrected chi connectivity index (χ0v) is 10.0. The highest BCUT2D eigenvalue weighted by molar-refractivity contribution is 5.55. The number of aromatic nitrogens is 1. The van der Waals surface area contributed by atoms with Gasteiger partial charge in [0, 0.05) is 12.6 Å². The van der Waals surface area contributed by atoms with Crippen molar-refractivity contribution in [2.75, 3.05) is 31.3 Å². The van der Waals surface area contributed by atoms with Crippen LogP contribution in [0.5, 0.6) is 0 Å². The van der Waals surface area contributed by atoms with E-state index >= 15 is 0 Å². The third-order valence-electron chi connectivity index (χ3n) is 2.92. The minimum absolute atomic E-state index is 0.0434. The summed E-state index contributed by atoms with van der Waals surface area (Å²) < 4.78 is 5.24. The van der Waals surface area contributed by atoms with Crippen LogP contribution in [0.2, 0.25) is 0 Å². The lowest BCUT2D eigenvalue weighted by atomic mass is 10.2. The van der Waals surface area contributed by atoms with Gasteiger partial charge in [0.15, 0.2) is 0 Å². The fourth-order valence-electron chi connectivity index (χ4n) is 1.94. The Hall–Kier alpha value is -2.24. The third-order valence-corrected chi connectivity index (χ3v) is 2.92. The number of nitrogens with zero attached hydrogens (tertiary/aromatic N) is 4. The molecule has 2 rings (SSSR count). The fraction of sp³-hybridized carbons (Fsp3) is 0.455. The number of aliphatic hydroxyl groups excluding tert-OH is 1. The van der Waals surface area contributed by atoms with Crippen LogP contribution in [0.1, 0.15) is 5.56 Å². The van der Waals surface area contributed by atoms with Crippen LogP contribution < -0.4 is 4.90 Å². The smallest absolute Gasteiger partial charge is 0.305 e. The van der Waals surface area contributed by atoms with Crippen molar-refractivity contribution in [1.82, 2.24) is 4.98 Å². The van der Waals surface area contributed by atoms with E-state index in [1.807, 2.05) is 0 Å². The lowest BCUT2D eigenvalue weighted by molar-refractivity contribution is -0.385. The molecule has 8 nitrogen and oxygen atoms in total. The number of ether oxygens (including phenoxy) is 1. The summed E-state index contributed by atoms with van der Waals surface area (Å²) in [6.07, 6.45) is 1.07. The molecule has 1 aliphatic heterocycles. The molecule has 19 heavy (non-hydrogen) atoms. The molecule has 0 aliphatic carbocycles. The topological polar surface area (TPSA) is 113 Å². The van der Waals surface area contributed by atoms with Crippen LogP contribution in [0.15, 0.2) is 12.3 Å². The molecule has 1 aromatic rings. The van der Waals surface area contributed by atoms with E-state index in [4.69, 9.17) is 10.00 Å². The van der Waals surface area contributed by atoms with Gasteiger partial charge in [0.2, 0.25) is 0 Å². The van der Waals surface area contributed by atoms with E-state index in [-0.39, 0.29) is 23.9 Å². The summed E-state index contributed by atoms with van der Waals surface area (Å²) in [4.78, 5) is 15.9. The number of hydrogen-bond acceptors (Lipinski definition) is 7. The summed E-state index contributed by atoms with van der Waals surface area (Å²) in [6.45, 7) is 1.25. The van der Waals surface area contributed by atoms with E-state index in [0.717, 1.165) is 6.20 Å². The second-order valence-electron chi connectivity index (χ2n) is 4.03. The number of aliphatic hydroxyl groups is 1. The number of hydrogen-bond donors (Lipinski definition) is 1. The minimum Gasteiger partial charge on any atom is -0.394 e. The quantitative estimate of drug-likeness (QED) is 0.606. The van der Waals surface area contributed by atoms with E-state index in [0.29, 0.717) is 25.6 Å². The average molecular weight is 264 g/mol. The SMILES string of the molecule is N#Cc1cc(N2CCOC[C@@H]2CO)ncc1[N+](=O)[O-]. The van der Waals surface area contributed by atoms with Crippen LogP contribution in [0.3, 0.4) is 0 Å². The van der Waals surface area contributed by atoms with Gasteiger partial charge in [0.1, 0.15) is 23.6 Å². The molecule has 100 valence electrons. The van der Waals surface area contributed by atoms with E-state index in [1.54, 1.807) is 11.0 Å². The Morgan fingerprint density at radius 1 is 1.74 bits per heavy atom. The Labute approximate surface area is 109 Å².